The molecule has 0 saturated heterocycles. The highest BCUT2D eigenvalue weighted by Crippen LogP contribution is 2.15. The molecule has 0 aliphatic rings. The minimum Gasteiger partial charge on any atom is -0.369 e. The van der Waals surface area contributed by atoms with Crippen LogP contribution in [-0.2, 0) is 0 Å². The van der Waals surface area contributed by atoms with Crippen LogP contribution in [0.2, 0.25) is 0 Å². The molecule has 96 heavy (non-hydrogen) atoms. The molecule has 0 radical (unpaired) electrons. The third-order valence-corrected chi connectivity index (χ3v) is 14.1. The van der Waals surface area contributed by atoms with Crippen LogP contribution in [0.15, 0.2) is 30.0 Å². The van der Waals surface area contributed by atoms with Crippen LogP contribution in [0.25, 0.3) is 0 Å². The van der Waals surface area contributed by atoms with E-state index < -0.39 is 0 Å². The summed E-state index contributed by atoms with van der Waals surface area (Å²) in [6.45, 7) is 98.8. The number of nitrogens with zero attached hydrogens (tertiary/aromatic N) is 12. The summed E-state index contributed by atoms with van der Waals surface area (Å²) in [4.78, 5) is 41.9. The third-order valence-electron chi connectivity index (χ3n) is 14.1. The standard InChI is InChI=1S/C15H33N3.C14H31N3.2C13H29N3.C12H27N3.C11H25N3/c1-10-18(15(7,8)9)11-12(2)16-13(3)17-14(4,5)6;1-9-12(3)17(8)10-11(2)15-13(4)16-14(5,6)7;1-10(2)16(8)9-11(3)14-12(4)15-13(5,6)7;1-8-16(9-2)10-11(3)14-12(4)15-13(5,6)7;1-8-15(7)9-10(2)13-11(3)14-12(4,5)6;1-9(8-14(6)7)12-10(2)13-11(3,4)5/h12H,10-11H2,1-9H3,(H,16,17);11-12H,9-10H2,1-8H3,(H,15,16);10-11H,9H2,1-8H3,(H,14,15);11H,8-10H2,1-7H3,(H,14,15);10H,8-9H2,1-7H3,(H,13,14);9H,8H2,1-7H3,(H,12,13). The highest BCUT2D eigenvalue weighted by atomic mass is 15.2. The SMILES string of the molecule is CC(=NC(C)CN(C)C(C)C)NC(C)(C)C.CC(=NC(C)CN(C)C)NC(C)(C)C.CCC(C)N(C)CC(C)N=C(C)NC(C)(C)C.CCN(C)CC(C)N=C(C)NC(C)(C)C.CCN(CC(C)N=C(C)NC(C)(C)C)C(C)(C)C.CCN(CC)CC(C)N=C(C)NC(C)(C)C. The van der Waals surface area contributed by atoms with Gasteiger partial charge in [0, 0.05) is 90.1 Å². The minimum absolute atomic E-state index is 0.0851. The molecule has 6 N–H and O–H groups in total. The maximum Gasteiger partial charge on any atom is 0.0939 e. The molecule has 0 heterocycles. The minimum atomic E-state index is 0.0851. The van der Waals surface area contributed by atoms with Crippen molar-refractivity contribution in [2.24, 2.45) is 30.0 Å². The Balaban J connectivity index is -0.000000254. The normalized spacial score (nSPS) is 16.0. The van der Waals surface area contributed by atoms with Crippen molar-refractivity contribution in [3.05, 3.63) is 0 Å². The van der Waals surface area contributed by atoms with E-state index in [1.54, 1.807) is 0 Å². The van der Waals surface area contributed by atoms with Crippen LogP contribution in [0.3, 0.4) is 0 Å². The maximum atomic E-state index is 4.73. The number of aliphatic imine (C=N–C) groups is 6. The molecule has 0 aromatic rings. The first-order valence-corrected chi connectivity index (χ1v) is 37.1. The van der Waals surface area contributed by atoms with Crippen LogP contribution in [0.4, 0.5) is 0 Å². The molecular formula is C78H174N18. The molecule has 0 aliphatic carbocycles. The van der Waals surface area contributed by atoms with Gasteiger partial charge in [-0.3, -0.25) is 34.9 Å². The quantitative estimate of drug-likeness (QED) is 0.0379. The predicted molar refractivity (Wildman–Crippen MR) is 439 cm³/mol. The van der Waals surface area contributed by atoms with Crippen molar-refractivity contribution in [3.63, 3.8) is 0 Å². The van der Waals surface area contributed by atoms with Crippen molar-refractivity contribution in [2.75, 3.05) is 101 Å². The number of amidine groups is 6. The van der Waals surface area contributed by atoms with Gasteiger partial charge in [-0.1, -0.05) is 34.6 Å². The fourth-order valence-corrected chi connectivity index (χ4v) is 10.4. The first-order chi connectivity index (χ1) is 42.9. The molecule has 0 aromatic carbocycles. The summed E-state index contributed by atoms with van der Waals surface area (Å²) < 4.78 is 0. The first kappa shape index (κ1) is 104. The van der Waals surface area contributed by atoms with Gasteiger partial charge in [0.05, 0.1) is 71.3 Å². The van der Waals surface area contributed by atoms with Gasteiger partial charge in [0.1, 0.15) is 0 Å². The van der Waals surface area contributed by atoms with Crippen molar-refractivity contribution < 1.29 is 0 Å². The van der Waals surface area contributed by atoms with E-state index >= 15 is 0 Å². The van der Waals surface area contributed by atoms with Crippen molar-refractivity contribution in [3.8, 4) is 0 Å². The lowest BCUT2D eigenvalue weighted by Gasteiger charge is -2.36. The monoisotopic (exact) mass is 1360 g/mol. The zero-order valence-corrected chi connectivity index (χ0v) is 73.3. The molecule has 0 fully saturated rings. The Morgan fingerprint density at radius 3 is 0.750 bits per heavy atom. The van der Waals surface area contributed by atoms with E-state index in [1.807, 2.05) is 34.6 Å². The molecule has 0 spiro atoms. The van der Waals surface area contributed by atoms with E-state index in [2.05, 4.69) is 371 Å². The van der Waals surface area contributed by atoms with Gasteiger partial charge in [0.25, 0.3) is 0 Å². The van der Waals surface area contributed by atoms with E-state index in [-0.39, 0.29) is 38.8 Å². The van der Waals surface area contributed by atoms with Gasteiger partial charge >= 0.3 is 0 Å². The molecule has 0 aromatic heterocycles. The smallest absolute Gasteiger partial charge is 0.0939 e. The number of likely N-dealkylation sites (N-methyl/N-ethyl adjacent to an activating group) is 6. The predicted octanol–water partition coefficient (Wildman–Crippen LogP) is 15.1. The molecule has 7 atom stereocenters. The zero-order valence-electron chi connectivity index (χ0n) is 73.3. The van der Waals surface area contributed by atoms with Crippen LogP contribution in [0.1, 0.15) is 290 Å². The molecule has 576 valence electrons. The summed E-state index contributed by atoms with van der Waals surface area (Å²) in [5.74, 6) is 6.16. The summed E-state index contributed by atoms with van der Waals surface area (Å²) in [7, 11) is 10.6. The fraction of sp³-hybridized carbons (Fsp3) is 0.923. The third kappa shape index (κ3) is 74.8. The molecule has 7 unspecified atom stereocenters. The molecule has 0 amide bonds. The number of hydrogen-bond acceptors (Lipinski definition) is 12. The maximum absolute atomic E-state index is 4.73. The molecule has 0 saturated carbocycles. The Morgan fingerprint density at radius 2 is 0.542 bits per heavy atom. The van der Waals surface area contributed by atoms with Gasteiger partial charge in [0.2, 0.25) is 0 Å². The van der Waals surface area contributed by atoms with E-state index in [0.29, 0.717) is 48.3 Å². The largest absolute Gasteiger partial charge is 0.369 e. The highest BCUT2D eigenvalue weighted by Gasteiger charge is 2.22. The lowest BCUT2D eigenvalue weighted by molar-refractivity contribution is 0.138. The van der Waals surface area contributed by atoms with E-state index in [9.17, 15) is 0 Å². The second kappa shape index (κ2) is 50.8. The highest BCUT2D eigenvalue weighted by molar-refractivity contribution is 5.82. The Bertz CT molecular complexity index is 2070. The van der Waals surface area contributed by atoms with E-state index in [1.165, 1.54) is 6.42 Å². The Morgan fingerprint density at radius 1 is 0.302 bits per heavy atom. The fourth-order valence-electron chi connectivity index (χ4n) is 10.4. The molecule has 18 heteroatoms. The van der Waals surface area contributed by atoms with Crippen LogP contribution < -0.4 is 31.9 Å². The second-order valence-electron chi connectivity index (χ2n) is 35.2. The summed E-state index contributed by atoms with van der Waals surface area (Å²) in [6.07, 6.45) is 1.19. The van der Waals surface area contributed by atoms with E-state index in [0.717, 1.165) is 100 Å². The molecular weight excluding hydrogens is 1190 g/mol. The lowest BCUT2D eigenvalue weighted by atomic mass is 10.1. The number of rotatable bonds is 25. The number of hydrogen-bond donors (Lipinski definition) is 6. The Kier molecular flexibility index (Phi) is 54.8. The van der Waals surface area contributed by atoms with Gasteiger partial charge in [0.15, 0.2) is 0 Å². The summed E-state index contributed by atoms with van der Waals surface area (Å²) in [5, 5.41) is 20.3. The average Bonchev–Trinajstić information content (AvgIpc) is 1.47. The van der Waals surface area contributed by atoms with Gasteiger partial charge in [-0.25, -0.2) is 0 Å². The van der Waals surface area contributed by atoms with Crippen molar-refractivity contribution in [2.45, 2.75) is 377 Å². The Labute approximate surface area is 601 Å². The Hall–Kier alpha value is -3.42. The topological polar surface area (TPSA) is 166 Å². The second-order valence-corrected chi connectivity index (χ2v) is 35.2. The molecule has 0 rings (SSSR count). The van der Waals surface area contributed by atoms with Crippen LogP contribution in [0, 0.1) is 0 Å². The van der Waals surface area contributed by atoms with Gasteiger partial charge < -0.3 is 56.4 Å². The molecule has 18 nitrogen and oxygen atoms in total. The zero-order chi connectivity index (χ0) is 77.3. The van der Waals surface area contributed by atoms with Gasteiger partial charge in [-0.2, -0.15) is 0 Å². The summed E-state index contributed by atoms with van der Waals surface area (Å²) in [5.41, 5.74) is 0.788. The van der Waals surface area contributed by atoms with Crippen LogP contribution >= 0.6 is 0 Å². The molecule has 0 bridgehead atoms. The molecule has 0 aliphatic heterocycles. The summed E-state index contributed by atoms with van der Waals surface area (Å²) in [6, 6.07) is 3.25. The first-order valence-electron chi connectivity index (χ1n) is 37.1. The van der Waals surface area contributed by atoms with E-state index in [4.69, 9.17) is 4.99 Å². The van der Waals surface area contributed by atoms with Crippen molar-refractivity contribution in [1.29, 1.82) is 0 Å². The van der Waals surface area contributed by atoms with Gasteiger partial charge in [-0.05, 0) is 317 Å². The van der Waals surface area contributed by atoms with Gasteiger partial charge in [-0.15, -0.1) is 0 Å². The number of nitrogens with one attached hydrogen (secondary N) is 6. The lowest BCUT2D eigenvalue weighted by Crippen LogP contribution is -2.45. The summed E-state index contributed by atoms with van der Waals surface area (Å²) >= 11 is 0. The van der Waals surface area contributed by atoms with Crippen molar-refractivity contribution in [1.82, 2.24) is 61.3 Å². The average molecular weight is 1360 g/mol. The van der Waals surface area contributed by atoms with Crippen molar-refractivity contribution >= 4 is 35.0 Å². The van der Waals surface area contributed by atoms with Crippen LogP contribution in [-0.4, -0.2) is 252 Å². The van der Waals surface area contributed by atoms with Crippen LogP contribution in [0.5, 0.6) is 0 Å².